The number of halogens is 1. The van der Waals surface area contributed by atoms with Gasteiger partial charge in [0.25, 0.3) is 5.91 Å². The van der Waals surface area contributed by atoms with E-state index in [1.54, 1.807) is 23.4 Å². The molecule has 1 amide bonds. The minimum atomic E-state index is -0.0580. The number of hydrogen-bond donors (Lipinski definition) is 0. The molecule has 0 aliphatic carbocycles. The average Bonchev–Trinajstić information content (AvgIpc) is 2.96. The van der Waals surface area contributed by atoms with Crippen molar-refractivity contribution in [2.75, 3.05) is 13.1 Å². The lowest BCUT2D eigenvalue weighted by atomic mass is 10.1. The van der Waals surface area contributed by atoms with Crippen molar-refractivity contribution in [1.82, 2.24) is 14.9 Å². The van der Waals surface area contributed by atoms with Crippen LogP contribution in [0.1, 0.15) is 28.3 Å². The molecule has 116 valence electrons. The van der Waals surface area contributed by atoms with Crippen LogP contribution in [0, 0.1) is 6.92 Å². The fraction of sp³-hybridized carbons (Fsp3) is 0.400. The van der Waals surface area contributed by atoms with E-state index in [-0.39, 0.29) is 12.0 Å². The minimum Gasteiger partial charge on any atom is -0.487 e. The number of thiazole rings is 1. The molecule has 1 unspecified atom stereocenters. The topological polar surface area (TPSA) is 55.3 Å². The van der Waals surface area contributed by atoms with Crippen molar-refractivity contribution < 1.29 is 9.53 Å². The number of pyridine rings is 1. The molecule has 0 N–H and O–H groups in total. The number of aryl methyl sites for hydroxylation is 1. The molecule has 5 nitrogen and oxygen atoms in total. The molecule has 2 aromatic heterocycles. The number of carbonyl (C=O) groups is 1. The maximum Gasteiger partial charge on any atom is 0.273 e. The van der Waals surface area contributed by atoms with Crippen LogP contribution in [0.2, 0.25) is 5.02 Å². The molecule has 1 saturated heterocycles. The zero-order valence-electron chi connectivity index (χ0n) is 12.2. The number of nitrogens with zero attached hydrogens (tertiary/aromatic N) is 3. The standard InChI is InChI=1S/C15H16ClN3O2S/c1-10-18-13(9-22-10)15(20)19-6-2-3-11(8-19)21-14-4-5-17-7-12(14)16/h4-5,7,9,11H,2-3,6,8H2,1H3. The van der Waals surface area contributed by atoms with E-state index in [0.29, 0.717) is 23.0 Å². The van der Waals surface area contributed by atoms with Crippen LogP contribution >= 0.6 is 22.9 Å². The van der Waals surface area contributed by atoms with E-state index in [9.17, 15) is 4.79 Å². The number of aromatic nitrogens is 2. The minimum absolute atomic E-state index is 0.0292. The summed E-state index contributed by atoms with van der Waals surface area (Å²) in [7, 11) is 0. The van der Waals surface area contributed by atoms with Crippen LogP contribution in [0.4, 0.5) is 0 Å². The first-order valence-electron chi connectivity index (χ1n) is 7.11. The van der Waals surface area contributed by atoms with Crippen LogP contribution in [-0.2, 0) is 0 Å². The third-order valence-corrected chi connectivity index (χ3v) is 4.59. The van der Waals surface area contributed by atoms with Gasteiger partial charge in [0.15, 0.2) is 0 Å². The molecule has 7 heteroatoms. The van der Waals surface area contributed by atoms with Gasteiger partial charge < -0.3 is 9.64 Å². The largest absolute Gasteiger partial charge is 0.487 e. The third-order valence-electron chi connectivity index (χ3n) is 3.53. The molecule has 1 aliphatic rings. The van der Waals surface area contributed by atoms with E-state index in [4.69, 9.17) is 16.3 Å². The van der Waals surface area contributed by atoms with Gasteiger partial charge in [-0.15, -0.1) is 11.3 Å². The lowest BCUT2D eigenvalue weighted by Gasteiger charge is -2.32. The number of piperidine rings is 1. The smallest absolute Gasteiger partial charge is 0.273 e. The molecule has 3 heterocycles. The van der Waals surface area contributed by atoms with E-state index < -0.39 is 0 Å². The second kappa shape index (κ2) is 6.62. The van der Waals surface area contributed by atoms with Gasteiger partial charge >= 0.3 is 0 Å². The number of ether oxygens (including phenoxy) is 1. The highest BCUT2D eigenvalue weighted by Crippen LogP contribution is 2.26. The summed E-state index contributed by atoms with van der Waals surface area (Å²) in [4.78, 5) is 22.5. The van der Waals surface area contributed by atoms with Gasteiger partial charge in [-0.3, -0.25) is 9.78 Å². The highest BCUT2D eigenvalue weighted by molar-refractivity contribution is 7.09. The molecule has 3 rings (SSSR count). The summed E-state index contributed by atoms with van der Waals surface area (Å²) in [5.74, 6) is 0.582. The van der Waals surface area contributed by atoms with Crippen molar-refractivity contribution in [1.29, 1.82) is 0 Å². The van der Waals surface area contributed by atoms with Gasteiger partial charge in [-0.1, -0.05) is 11.6 Å². The molecule has 0 aromatic carbocycles. The molecule has 0 spiro atoms. The van der Waals surface area contributed by atoms with E-state index in [0.717, 1.165) is 24.4 Å². The second-order valence-electron chi connectivity index (χ2n) is 5.19. The second-order valence-corrected chi connectivity index (χ2v) is 6.66. The Morgan fingerprint density at radius 2 is 2.41 bits per heavy atom. The maximum atomic E-state index is 12.5. The Kier molecular flexibility index (Phi) is 4.59. The summed E-state index contributed by atoms with van der Waals surface area (Å²) < 4.78 is 5.92. The predicted molar refractivity (Wildman–Crippen MR) is 85.7 cm³/mol. The molecule has 1 aliphatic heterocycles. The molecule has 1 atom stereocenters. The molecular formula is C15H16ClN3O2S. The van der Waals surface area contributed by atoms with E-state index in [1.807, 2.05) is 12.3 Å². The summed E-state index contributed by atoms with van der Waals surface area (Å²) in [5.41, 5.74) is 0.519. The average molecular weight is 338 g/mol. The number of amides is 1. The van der Waals surface area contributed by atoms with E-state index in [1.165, 1.54) is 11.3 Å². The maximum absolute atomic E-state index is 12.5. The summed E-state index contributed by atoms with van der Waals surface area (Å²) in [6, 6.07) is 1.74. The van der Waals surface area contributed by atoms with Crippen LogP contribution in [-0.4, -0.2) is 40.0 Å². The number of hydrogen-bond acceptors (Lipinski definition) is 5. The van der Waals surface area contributed by atoms with E-state index in [2.05, 4.69) is 9.97 Å². The van der Waals surface area contributed by atoms with E-state index >= 15 is 0 Å². The fourth-order valence-electron chi connectivity index (χ4n) is 2.48. The fourth-order valence-corrected chi connectivity index (χ4v) is 3.23. The lowest BCUT2D eigenvalue weighted by Crippen LogP contribution is -2.44. The van der Waals surface area contributed by atoms with Gasteiger partial charge in [0.2, 0.25) is 0 Å². The van der Waals surface area contributed by atoms with Crippen molar-refractivity contribution in [3.8, 4) is 5.75 Å². The van der Waals surface area contributed by atoms with Gasteiger partial charge in [-0.05, 0) is 19.8 Å². The van der Waals surface area contributed by atoms with Crippen LogP contribution < -0.4 is 4.74 Å². The van der Waals surface area contributed by atoms with Crippen molar-refractivity contribution in [2.24, 2.45) is 0 Å². The number of likely N-dealkylation sites (tertiary alicyclic amines) is 1. The lowest BCUT2D eigenvalue weighted by molar-refractivity contribution is 0.0533. The van der Waals surface area contributed by atoms with Crippen molar-refractivity contribution >= 4 is 28.8 Å². The molecule has 0 bridgehead atoms. The highest BCUT2D eigenvalue weighted by atomic mass is 35.5. The molecule has 0 saturated carbocycles. The van der Waals surface area contributed by atoms with Gasteiger partial charge in [-0.25, -0.2) is 4.98 Å². The quantitative estimate of drug-likeness (QED) is 0.863. The Morgan fingerprint density at radius 3 is 3.14 bits per heavy atom. The third kappa shape index (κ3) is 3.39. The zero-order valence-corrected chi connectivity index (χ0v) is 13.7. The molecule has 1 fully saturated rings. The zero-order chi connectivity index (χ0) is 15.5. The Bertz CT molecular complexity index is 676. The van der Waals surface area contributed by atoms with Crippen LogP contribution in [0.5, 0.6) is 5.75 Å². The van der Waals surface area contributed by atoms with Crippen LogP contribution in [0.25, 0.3) is 0 Å². The Morgan fingerprint density at radius 1 is 1.55 bits per heavy atom. The summed E-state index contributed by atoms with van der Waals surface area (Å²) in [6.07, 6.45) is 4.95. The van der Waals surface area contributed by atoms with Gasteiger partial charge in [-0.2, -0.15) is 0 Å². The van der Waals surface area contributed by atoms with Gasteiger partial charge in [0.1, 0.15) is 22.6 Å². The Balaban J connectivity index is 1.67. The van der Waals surface area contributed by atoms with Crippen molar-refractivity contribution in [3.05, 3.63) is 39.6 Å². The van der Waals surface area contributed by atoms with Gasteiger partial charge in [0.05, 0.1) is 11.6 Å². The predicted octanol–water partition coefficient (Wildman–Crippen LogP) is 3.18. The van der Waals surface area contributed by atoms with Crippen molar-refractivity contribution in [2.45, 2.75) is 25.9 Å². The molecular weight excluding hydrogens is 322 g/mol. The molecule has 0 radical (unpaired) electrons. The monoisotopic (exact) mass is 337 g/mol. The summed E-state index contributed by atoms with van der Waals surface area (Å²) in [5, 5.41) is 3.19. The van der Waals surface area contributed by atoms with Crippen molar-refractivity contribution in [3.63, 3.8) is 0 Å². The normalized spacial score (nSPS) is 18.3. The number of carbonyl (C=O) groups excluding carboxylic acids is 1. The first-order chi connectivity index (χ1) is 10.6. The summed E-state index contributed by atoms with van der Waals surface area (Å²) >= 11 is 7.55. The summed E-state index contributed by atoms with van der Waals surface area (Å²) in [6.45, 7) is 3.18. The van der Waals surface area contributed by atoms with Crippen LogP contribution in [0.3, 0.4) is 0 Å². The SMILES string of the molecule is Cc1nc(C(=O)N2CCCC(Oc3ccncc3Cl)C2)cs1. The van der Waals surface area contributed by atoms with Gasteiger partial charge in [0, 0.05) is 30.4 Å². The first kappa shape index (κ1) is 15.2. The number of rotatable bonds is 3. The first-order valence-corrected chi connectivity index (χ1v) is 8.37. The Labute approximate surface area is 137 Å². The Hall–Kier alpha value is -1.66. The molecule has 22 heavy (non-hydrogen) atoms. The highest BCUT2D eigenvalue weighted by Gasteiger charge is 2.27. The van der Waals surface area contributed by atoms with Crippen LogP contribution in [0.15, 0.2) is 23.8 Å². The molecule has 2 aromatic rings.